The van der Waals surface area contributed by atoms with Crippen LogP contribution in [-0.2, 0) is 11.3 Å². The lowest BCUT2D eigenvalue weighted by atomic mass is 10.4. The lowest BCUT2D eigenvalue weighted by Crippen LogP contribution is -2.34. The normalized spacial score (nSPS) is 14.6. The first kappa shape index (κ1) is 14.3. The van der Waals surface area contributed by atoms with E-state index in [0.717, 1.165) is 25.9 Å². The van der Waals surface area contributed by atoms with Crippen LogP contribution in [0.1, 0.15) is 19.8 Å². The number of thioether (sulfide) groups is 1. The number of aromatic nitrogens is 4. The summed E-state index contributed by atoms with van der Waals surface area (Å²) >= 11 is 1.41. The molecule has 0 radical (unpaired) electrons. The average Bonchev–Trinajstić information content (AvgIpc) is 3.14. The molecule has 1 aromatic heterocycles. The average molecular weight is 284 g/mol. The molecule has 7 nitrogen and oxygen atoms in total. The Labute approximate surface area is 117 Å². The predicted octanol–water partition coefficient (Wildman–Crippen LogP) is -0.00450. The van der Waals surface area contributed by atoms with Gasteiger partial charge in [-0.25, -0.2) is 4.68 Å². The van der Waals surface area contributed by atoms with Gasteiger partial charge in [-0.05, 0) is 37.2 Å². The van der Waals surface area contributed by atoms with E-state index in [4.69, 9.17) is 0 Å². The molecule has 1 aromatic rings. The number of carbonyl (C=O) groups excluding carboxylic acids is 1. The quantitative estimate of drug-likeness (QED) is 0.677. The molecular weight excluding hydrogens is 264 g/mol. The van der Waals surface area contributed by atoms with Gasteiger partial charge in [-0.2, -0.15) is 0 Å². The topological polar surface area (TPSA) is 75.9 Å². The predicted molar refractivity (Wildman–Crippen MR) is 72.9 cm³/mol. The molecule has 1 fully saturated rings. The van der Waals surface area contributed by atoms with E-state index in [1.54, 1.807) is 4.68 Å². The Morgan fingerprint density at radius 3 is 3.00 bits per heavy atom. The molecule has 0 aromatic carbocycles. The van der Waals surface area contributed by atoms with E-state index in [9.17, 15) is 4.79 Å². The van der Waals surface area contributed by atoms with Crippen LogP contribution in [0.25, 0.3) is 0 Å². The third-order valence-corrected chi connectivity index (χ3v) is 3.99. The number of hydrogen-bond donors (Lipinski definition) is 1. The standard InChI is InChI=1S/C11H20N6OS/c1-3-16(9-4-5-9)10(18)8-19-11-13-14-15-17(11)7-6-12-2/h9,12H,3-8H2,1-2H3. The maximum absolute atomic E-state index is 12.1. The van der Waals surface area contributed by atoms with Crippen LogP contribution in [0.2, 0.25) is 0 Å². The van der Waals surface area contributed by atoms with Crippen LogP contribution in [0.3, 0.4) is 0 Å². The smallest absolute Gasteiger partial charge is 0.233 e. The number of hydrogen-bond acceptors (Lipinski definition) is 6. The molecule has 8 heteroatoms. The van der Waals surface area contributed by atoms with Crippen molar-refractivity contribution in [1.82, 2.24) is 30.4 Å². The van der Waals surface area contributed by atoms with Crippen LogP contribution in [0.4, 0.5) is 0 Å². The van der Waals surface area contributed by atoms with Gasteiger partial charge in [0, 0.05) is 19.1 Å². The lowest BCUT2D eigenvalue weighted by molar-refractivity contribution is -0.128. The molecule has 0 bridgehead atoms. The molecule has 2 rings (SSSR count). The van der Waals surface area contributed by atoms with E-state index in [1.165, 1.54) is 11.8 Å². The number of carbonyl (C=O) groups is 1. The maximum atomic E-state index is 12.1. The molecule has 0 atom stereocenters. The zero-order valence-electron chi connectivity index (χ0n) is 11.4. The van der Waals surface area contributed by atoms with Gasteiger partial charge in [0.2, 0.25) is 11.1 Å². The summed E-state index contributed by atoms with van der Waals surface area (Å²) in [7, 11) is 1.88. The van der Waals surface area contributed by atoms with Crippen molar-refractivity contribution in [2.45, 2.75) is 37.5 Å². The Morgan fingerprint density at radius 1 is 1.58 bits per heavy atom. The molecule has 19 heavy (non-hydrogen) atoms. The summed E-state index contributed by atoms with van der Waals surface area (Å²) < 4.78 is 1.72. The lowest BCUT2D eigenvalue weighted by Gasteiger charge is -2.19. The minimum absolute atomic E-state index is 0.179. The van der Waals surface area contributed by atoms with Crippen LogP contribution in [0.5, 0.6) is 0 Å². The molecule has 0 spiro atoms. The summed E-state index contributed by atoms with van der Waals surface area (Å²) in [5.74, 6) is 0.586. The summed E-state index contributed by atoms with van der Waals surface area (Å²) in [6, 6.07) is 0.471. The van der Waals surface area contributed by atoms with Crippen LogP contribution in [0.15, 0.2) is 5.16 Å². The zero-order valence-corrected chi connectivity index (χ0v) is 12.2. The highest BCUT2D eigenvalue weighted by molar-refractivity contribution is 7.99. The summed E-state index contributed by atoms with van der Waals surface area (Å²) in [4.78, 5) is 14.0. The summed E-state index contributed by atoms with van der Waals surface area (Å²) in [6.07, 6.45) is 2.29. The molecule has 0 aliphatic heterocycles. The molecule has 0 saturated heterocycles. The molecule has 1 aliphatic rings. The number of nitrogens with one attached hydrogen (secondary N) is 1. The van der Waals surface area contributed by atoms with Crippen molar-refractivity contribution in [3.8, 4) is 0 Å². The van der Waals surface area contributed by atoms with Gasteiger partial charge >= 0.3 is 0 Å². The number of amides is 1. The van der Waals surface area contributed by atoms with Crippen molar-refractivity contribution in [3.05, 3.63) is 0 Å². The van der Waals surface area contributed by atoms with Crippen LogP contribution in [-0.4, -0.2) is 62.9 Å². The molecule has 1 heterocycles. The van der Waals surface area contributed by atoms with Crippen LogP contribution >= 0.6 is 11.8 Å². The monoisotopic (exact) mass is 284 g/mol. The molecule has 106 valence electrons. The fourth-order valence-electron chi connectivity index (χ4n) is 1.89. The van der Waals surface area contributed by atoms with E-state index in [-0.39, 0.29) is 5.91 Å². The van der Waals surface area contributed by atoms with Crippen LogP contribution < -0.4 is 5.32 Å². The van der Waals surface area contributed by atoms with E-state index in [2.05, 4.69) is 20.8 Å². The third kappa shape index (κ3) is 3.90. The number of nitrogens with zero attached hydrogens (tertiary/aromatic N) is 5. The van der Waals surface area contributed by atoms with E-state index < -0.39 is 0 Å². The van der Waals surface area contributed by atoms with Gasteiger partial charge in [-0.1, -0.05) is 11.8 Å². The Balaban J connectivity index is 1.84. The maximum Gasteiger partial charge on any atom is 0.233 e. The van der Waals surface area contributed by atoms with Crippen molar-refractivity contribution in [1.29, 1.82) is 0 Å². The molecule has 1 N–H and O–H groups in total. The SMILES string of the molecule is CCN(C(=O)CSc1nnnn1CCNC)C1CC1. The summed E-state index contributed by atoms with van der Waals surface area (Å²) in [5, 5.41) is 15.3. The van der Waals surface area contributed by atoms with E-state index in [1.807, 2.05) is 18.9 Å². The van der Waals surface area contributed by atoms with Crippen molar-refractivity contribution in [2.24, 2.45) is 0 Å². The van der Waals surface area contributed by atoms with Gasteiger partial charge in [-0.3, -0.25) is 4.79 Å². The van der Waals surface area contributed by atoms with E-state index >= 15 is 0 Å². The van der Waals surface area contributed by atoms with Gasteiger partial charge in [-0.15, -0.1) is 5.10 Å². The highest BCUT2D eigenvalue weighted by Crippen LogP contribution is 2.27. The second-order valence-electron chi connectivity index (χ2n) is 4.49. The van der Waals surface area contributed by atoms with Gasteiger partial charge in [0.1, 0.15) is 0 Å². The van der Waals surface area contributed by atoms with Crippen molar-refractivity contribution in [2.75, 3.05) is 25.9 Å². The minimum atomic E-state index is 0.179. The number of tetrazole rings is 1. The van der Waals surface area contributed by atoms with Crippen LogP contribution in [0, 0.1) is 0 Å². The molecule has 0 unspecified atom stereocenters. The highest BCUT2D eigenvalue weighted by Gasteiger charge is 2.31. The number of rotatable bonds is 8. The highest BCUT2D eigenvalue weighted by atomic mass is 32.2. The second kappa shape index (κ2) is 6.85. The number of likely N-dealkylation sites (N-methyl/N-ethyl adjacent to an activating group) is 1. The van der Waals surface area contributed by atoms with Gasteiger partial charge < -0.3 is 10.2 Å². The fraction of sp³-hybridized carbons (Fsp3) is 0.818. The largest absolute Gasteiger partial charge is 0.339 e. The summed E-state index contributed by atoms with van der Waals surface area (Å²) in [5.41, 5.74) is 0. The summed E-state index contributed by atoms with van der Waals surface area (Å²) in [6.45, 7) is 4.32. The van der Waals surface area contributed by atoms with E-state index in [0.29, 0.717) is 23.5 Å². The second-order valence-corrected chi connectivity index (χ2v) is 5.43. The molecule has 1 aliphatic carbocycles. The first-order chi connectivity index (χ1) is 9.26. The molecule has 1 saturated carbocycles. The van der Waals surface area contributed by atoms with Gasteiger partial charge in [0.15, 0.2) is 0 Å². The third-order valence-electron chi connectivity index (χ3n) is 3.05. The first-order valence-corrected chi connectivity index (χ1v) is 7.57. The Morgan fingerprint density at radius 2 is 2.37 bits per heavy atom. The van der Waals surface area contributed by atoms with Crippen molar-refractivity contribution < 1.29 is 4.79 Å². The minimum Gasteiger partial charge on any atom is -0.339 e. The zero-order chi connectivity index (χ0) is 13.7. The molecular formula is C11H20N6OS. The van der Waals surface area contributed by atoms with Crippen molar-refractivity contribution in [3.63, 3.8) is 0 Å². The fourth-order valence-corrected chi connectivity index (χ4v) is 2.68. The first-order valence-electron chi connectivity index (χ1n) is 6.59. The van der Waals surface area contributed by atoms with Gasteiger partial charge in [0.25, 0.3) is 0 Å². The van der Waals surface area contributed by atoms with Gasteiger partial charge in [0.05, 0.1) is 12.3 Å². The Kier molecular flexibility index (Phi) is 5.15. The Hall–Kier alpha value is -1.15. The Bertz CT molecular complexity index is 419. The van der Waals surface area contributed by atoms with Crippen molar-refractivity contribution >= 4 is 17.7 Å². The molecule has 1 amide bonds.